The zero-order valence-corrected chi connectivity index (χ0v) is 14.5. The lowest BCUT2D eigenvalue weighted by Crippen LogP contribution is -2.43. The van der Waals surface area contributed by atoms with Crippen LogP contribution in [0.15, 0.2) is 54.7 Å². The molecule has 0 N–H and O–H groups in total. The van der Waals surface area contributed by atoms with Crippen LogP contribution in [-0.2, 0) is 27.3 Å². The Morgan fingerprint density at radius 3 is 2.35 bits per heavy atom. The van der Waals surface area contributed by atoms with Gasteiger partial charge in [0.05, 0.1) is 12.2 Å². The van der Waals surface area contributed by atoms with Crippen molar-refractivity contribution in [2.45, 2.75) is 25.8 Å². The molecule has 2 aromatic rings. The Bertz CT molecular complexity index is 761. The molecule has 26 heavy (non-hydrogen) atoms. The summed E-state index contributed by atoms with van der Waals surface area (Å²) >= 11 is 0. The average molecular weight is 351 g/mol. The van der Waals surface area contributed by atoms with Crippen LogP contribution in [0.25, 0.3) is 0 Å². The normalized spacial score (nSPS) is 13.9. The molecule has 1 saturated heterocycles. The Morgan fingerprint density at radius 1 is 1.00 bits per heavy atom. The Morgan fingerprint density at radius 2 is 1.69 bits per heavy atom. The van der Waals surface area contributed by atoms with Gasteiger partial charge in [-0.1, -0.05) is 36.4 Å². The molecule has 1 aromatic carbocycles. The van der Waals surface area contributed by atoms with Crippen LogP contribution in [0.3, 0.4) is 0 Å². The molecule has 6 heteroatoms. The lowest BCUT2D eigenvalue weighted by molar-refractivity contribution is -0.145. The molecule has 0 spiro atoms. The molecular formula is C20H21N3O3. The van der Waals surface area contributed by atoms with Crippen molar-refractivity contribution in [3.63, 3.8) is 0 Å². The first-order chi connectivity index (χ1) is 12.6. The number of rotatable bonds is 7. The molecule has 2 heterocycles. The summed E-state index contributed by atoms with van der Waals surface area (Å²) in [6, 6.07) is 15.4. The third-order valence-electron chi connectivity index (χ3n) is 4.39. The van der Waals surface area contributed by atoms with Crippen molar-refractivity contribution < 1.29 is 14.4 Å². The molecule has 1 fully saturated rings. The Labute approximate surface area is 152 Å². The molecule has 1 aromatic heterocycles. The molecule has 0 atom stereocenters. The number of carbonyl (C=O) groups is 3. The second kappa shape index (κ2) is 8.38. The van der Waals surface area contributed by atoms with Crippen LogP contribution in [0.2, 0.25) is 0 Å². The zero-order valence-electron chi connectivity index (χ0n) is 14.5. The minimum atomic E-state index is -0.274. The largest absolute Gasteiger partial charge is 0.335 e. The third-order valence-corrected chi connectivity index (χ3v) is 4.39. The van der Waals surface area contributed by atoms with E-state index in [0.717, 1.165) is 16.2 Å². The van der Waals surface area contributed by atoms with Gasteiger partial charge in [0.25, 0.3) is 0 Å². The fraction of sp³-hybridized carbons (Fsp3) is 0.300. The van der Waals surface area contributed by atoms with Crippen molar-refractivity contribution in [2.75, 3.05) is 13.1 Å². The Kier molecular flexibility index (Phi) is 5.73. The molecule has 6 nitrogen and oxygen atoms in total. The summed E-state index contributed by atoms with van der Waals surface area (Å²) in [4.78, 5) is 43.4. The van der Waals surface area contributed by atoms with Gasteiger partial charge in [-0.15, -0.1) is 0 Å². The summed E-state index contributed by atoms with van der Waals surface area (Å²) in [6.45, 7) is 0.650. The van der Waals surface area contributed by atoms with Crippen molar-refractivity contribution in [1.82, 2.24) is 14.8 Å². The maximum atomic E-state index is 12.8. The first-order valence-electron chi connectivity index (χ1n) is 8.68. The number of imide groups is 1. The predicted octanol–water partition coefficient (Wildman–Crippen LogP) is 1.80. The van der Waals surface area contributed by atoms with E-state index in [1.165, 1.54) is 0 Å². The molecule has 3 rings (SSSR count). The maximum absolute atomic E-state index is 12.8. The third kappa shape index (κ3) is 4.53. The summed E-state index contributed by atoms with van der Waals surface area (Å²) in [7, 11) is 0. The maximum Gasteiger partial charge on any atom is 0.243 e. The van der Waals surface area contributed by atoms with E-state index in [1.807, 2.05) is 48.5 Å². The number of benzene rings is 1. The smallest absolute Gasteiger partial charge is 0.243 e. The van der Waals surface area contributed by atoms with Crippen molar-refractivity contribution in [2.24, 2.45) is 0 Å². The summed E-state index contributed by atoms with van der Waals surface area (Å²) in [5, 5.41) is 0. The highest BCUT2D eigenvalue weighted by Crippen LogP contribution is 2.13. The summed E-state index contributed by atoms with van der Waals surface area (Å²) in [6.07, 6.45) is 2.76. The fourth-order valence-corrected chi connectivity index (χ4v) is 2.92. The van der Waals surface area contributed by atoms with Crippen molar-refractivity contribution in [3.8, 4) is 0 Å². The summed E-state index contributed by atoms with van der Waals surface area (Å²) in [5.41, 5.74) is 1.90. The van der Waals surface area contributed by atoms with E-state index in [0.29, 0.717) is 19.5 Å². The van der Waals surface area contributed by atoms with Gasteiger partial charge in [-0.2, -0.15) is 0 Å². The van der Waals surface area contributed by atoms with E-state index < -0.39 is 0 Å². The highest BCUT2D eigenvalue weighted by Gasteiger charge is 2.31. The van der Waals surface area contributed by atoms with Crippen molar-refractivity contribution in [1.29, 1.82) is 0 Å². The lowest BCUT2D eigenvalue weighted by atomic mass is 10.1. The number of aromatic nitrogens is 1. The molecule has 3 amide bonds. The number of pyridine rings is 1. The monoisotopic (exact) mass is 351 g/mol. The molecule has 0 radical (unpaired) electrons. The van der Waals surface area contributed by atoms with Gasteiger partial charge in [-0.05, 0) is 24.1 Å². The van der Waals surface area contributed by atoms with Gasteiger partial charge in [-0.3, -0.25) is 24.3 Å². The van der Waals surface area contributed by atoms with E-state index in [-0.39, 0.29) is 37.1 Å². The van der Waals surface area contributed by atoms with E-state index >= 15 is 0 Å². The second-order valence-corrected chi connectivity index (χ2v) is 6.25. The zero-order chi connectivity index (χ0) is 18.4. The van der Waals surface area contributed by atoms with Gasteiger partial charge >= 0.3 is 0 Å². The highest BCUT2D eigenvalue weighted by atomic mass is 16.2. The molecule has 0 bridgehead atoms. The minimum absolute atomic E-state index is 0.191. The first-order valence-corrected chi connectivity index (χ1v) is 8.68. The fourth-order valence-electron chi connectivity index (χ4n) is 2.92. The summed E-state index contributed by atoms with van der Waals surface area (Å²) < 4.78 is 0. The molecule has 1 aliphatic heterocycles. The average Bonchev–Trinajstić information content (AvgIpc) is 2.98. The number of carbonyl (C=O) groups excluding carboxylic acids is 3. The molecule has 0 unspecified atom stereocenters. The number of hydrogen-bond donors (Lipinski definition) is 0. The van der Waals surface area contributed by atoms with Gasteiger partial charge in [0.2, 0.25) is 17.7 Å². The van der Waals surface area contributed by atoms with Gasteiger partial charge in [-0.25, -0.2) is 0 Å². The van der Waals surface area contributed by atoms with E-state index in [4.69, 9.17) is 0 Å². The van der Waals surface area contributed by atoms with Crippen LogP contribution in [0, 0.1) is 0 Å². The van der Waals surface area contributed by atoms with Crippen molar-refractivity contribution in [3.05, 3.63) is 66.0 Å². The number of hydrogen-bond acceptors (Lipinski definition) is 4. The van der Waals surface area contributed by atoms with Crippen LogP contribution in [0.5, 0.6) is 0 Å². The van der Waals surface area contributed by atoms with Gasteiger partial charge in [0.1, 0.15) is 6.54 Å². The van der Waals surface area contributed by atoms with Gasteiger partial charge in [0.15, 0.2) is 0 Å². The quantitative estimate of drug-likeness (QED) is 0.713. The SMILES string of the molecule is O=C(CN1C(=O)CCC1=O)N(CCc1ccccc1)Cc1ccccn1. The number of amides is 3. The van der Waals surface area contributed by atoms with Crippen LogP contribution in [0.4, 0.5) is 0 Å². The van der Waals surface area contributed by atoms with Crippen LogP contribution in [0.1, 0.15) is 24.1 Å². The predicted molar refractivity (Wildman–Crippen MR) is 95.8 cm³/mol. The van der Waals surface area contributed by atoms with Crippen molar-refractivity contribution >= 4 is 17.7 Å². The van der Waals surface area contributed by atoms with Gasteiger partial charge in [0, 0.05) is 25.6 Å². The lowest BCUT2D eigenvalue weighted by Gasteiger charge is -2.24. The molecule has 0 aliphatic carbocycles. The van der Waals surface area contributed by atoms with E-state index in [2.05, 4.69) is 4.98 Å². The van der Waals surface area contributed by atoms with Crippen LogP contribution < -0.4 is 0 Å². The molecular weight excluding hydrogens is 330 g/mol. The molecule has 1 aliphatic rings. The summed E-state index contributed by atoms with van der Waals surface area (Å²) in [5.74, 6) is -0.788. The number of nitrogens with zero attached hydrogens (tertiary/aromatic N) is 3. The van der Waals surface area contributed by atoms with Crippen LogP contribution in [-0.4, -0.2) is 45.6 Å². The molecule has 0 saturated carbocycles. The Hall–Kier alpha value is -3.02. The Balaban J connectivity index is 1.69. The first kappa shape index (κ1) is 17.8. The molecule has 134 valence electrons. The minimum Gasteiger partial charge on any atom is -0.335 e. The van der Waals surface area contributed by atoms with Gasteiger partial charge < -0.3 is 4.90 Å². The highest BCUT2D eigenvalue weighted by molar-refractivity contribution is 6.04. The van der Waals surface area contributed by atoms with Crippen LogP contribution >= 0.6 is 0 Å². The standard InChI is InChI=1S/C20H21N3O3/c24-18-9-10-19(25)23(18)15-20(26)22(14-17-8-4-5-12-21-17)13-11-16-6-2-1-3-7-16/h1-8,12H,9-11,13-15H2. The topological polar surface area (TPSA) is 70.6 Å². The second-order valence-electron chi connectivity index (χ2n) is 6.25. The van der Waals surface area contributed by atoms with E-state index in [1.54, 1.807) is 11.1 Å². The number of likely N-dealkylation sites (tertiary alicyclic amines) is 1. The van der Waals surface area contributed by atoms with E-state index in [9.17, 15) is 14.4 Å².